The third-order valence-electron chi connectivity index (χ3n) is 2.98. The van der Waals surface area contributed by atoms with Crippen molar-refractivity contribution < 1.29 is 8.42 Å². The Morgan fingerprint density at radius 1 is 1.29 bits per heavy atom. The zero-order valence-electron chi connectivity index (χ0n) is 11.6. The van der Waals surface area contributed by atoms with E-state index in [1.54, 1.807) is 5.01 Å². The quantitative estimate of drug-likeness (QED) is 0.912. The molecule has 0 bridgehead atoms. The summed E-state index contributed by atoms with van der Waals surface area (Å²) in [6.45, 7) is 2.16. The van der Waals surface area contributed by atoms with Crippen molar-refractivity contribution in [3.8, 4) is 10.6 Å². The van der Waals surface area contributed by atoms with E-state index in [0.717, 1.165) is 27.5 Å². The zero-order valence-corrected chi connectivity index (χ0v) is 13.2. The molecule has 2 heterocycles. The van der Waals surface area contributed by atoms with E-state index in [0.29, 0.717) is 0 Å². The number of amidine groups is 1. The first-order valence-corrected chi connectivity index (χ1v) is 8.97. The summed E-state index contributed by atoms with van der Waals surface area (Å²) in [5.41, 5.74) is 4.70. The molecule has 1 aliphatic rings. The van der Waals surface area contributed by atoms with E-state index < -0.39 is 9.84 Å². The van der Waals surface area contributed by atoms with Crippen molar-refractivity contribution in [3.05, 3.63) is 36.0 Å². The van der Waals surface area contributed by atoms with Crippen molar-refractivity contribution in [2.45, 2.75) is 6.92 Å². The molecule has 0 unspecified atom stereocenters. The van der Waals surface area contributed by atoms with Gasteiger partial charge in [-0.1, -0.05) is 41.7 Å². The fraction of sp³-hybridized carbons (Fsp3) is 0.231. The van der Waals surface area contributed by atoms with Crippen molar-refractivity contribution in [2.24, 2.45) is 4.99 Å². The second kappa shape index (κ2) is 5.12. The molecular weight excluding hydrogens is 308 g/mol. The maximum absolute atomic E-state index is 11.5. The highest BCUT2D eigenvalue weighted by Crippen LogP contribution is 2.34. The van der Waals surface area contributed by atoms with Gasteiger partial charge in [-0.15, -0.1) is 0 Å². The smallest absolute Gasteiger partial charge is 0.236 e. The van der Waals surface area contributed by atoms with Gasteiger partial charge in [0.05, 0.1) is 5.69 Å². The topological polar surface area (TPSA) is 74.7 Å². The Labute approximate surface area is 127 Å². The molecule has 0 spiro atoms. The lowest BCUT2D eigenvalue weighted by Crippen LogP contribution is -2.38. The number of aliphatic imine (C=N–C) groups is 1. The predicted octanol–water partition coefficient (Wildman–Crippen LogP) is 1.80. The Kier molecular flexibility index (Phi) is 3.42. The van der Waals surface area contributed by atoms with Gasteiger partial charge in [0.1, 0.15) is 16.7 Å². The summed E-state index contributed by atoms with van der Waals surface area (Å²) in [4.78, 5) is 8.56. The van der Waals surface area contributed by atoms with Crippen molar-refractivity contribution in [1.29, 1.82) is 0 Å². The molecule has 1 aromatic carbocycles. The van der Waals surface area contributed by atoms with E-state index in [-0.39, 0.29) is 11.8 Å². The third-order valence-corrected chi connectivity index (χ3v) is 5.13. The fourth-order valence-electron chi connectivity index (χ4n) is 1.98. The number of hydrogen-bond acceptors (Lipinski definition) is 7. The van der Waals surface area contributed by atoms with Gasteiger partial charge in [0, 0.05) is 11.8 Å². The second-order valence-corrected chi connectivity index (χ2v) is 7.60. The SMILES string of the molecule is Cc1nc(-c2ccccc2)sc1N1CN=C(S(C)(=O)=O)N1. The van der Waals surface area contributed by atoms with Crippen LogP contribution in [-0.2, 0) is 9.84 Å². The van der Waals surface area contributed by atoms with Crippen molar-refractivity contribution in [3.63, 3.8) is 0 Å². The van der Waals surface area contributed by atoms with Gasteiger partial charge in [-0.3, -0.25) is 10.4 Å². The molecule has 1 aromatic heterocycles. The highest BCUT2D eigenvalue weighted by atomic mass is 32.2. The Hall–Kier alpha value is -1.93. The average molecular weight is 322 g/mol. The minimum atomic E-state index is -3.32. The lowest BCUT2D eigenvalue weighted by Gasteiger charge is -2.15. The Balaban J connectivity index is 1.87. The summed E-state index contributed by atoms with van der Waals surface area (Å²) < 4.78 is 23.0. The molecule has 6 nitrogen and oxygen atoms in total. The Morgan fingerprint density at radius 2 is 2.00 bits per heavy atom. The maximum atomic E-state index is 11.5. The molecule has 0 atom stereocenters. The highest BCUT2D eigenvalue weighted by Gasteiger charge is 2.25. The van der Waals surface area contributed by atoms with Gasteiger partial charge in [0.15, 0.2) is 0 Å². The maximum Gasteiger partial charge on any atom is 0.236 e. The van der Waals surface area contributed by atoms with Gasteiger partial charge in [-0.2, -0.15) is 0 Å². The van der Waals surface area contributed by atoms with E-state index in [1.807, 2.05) is 37.3 Å². The molecule has 1 aliphatic heterocycles. The third kappa shape index (κ3) is 2.77. The molecule has 21 heavy (non-hydrogen) atoms. The van der Waals surface area contributed by atoms with Crippen LogP contribution in [0.5, 0.6) is 0 Å². The molecule has 0 aliphatic carbocycles. The predicted molar refractivity (Wildman–Crippen MR) is 85.0 cm³/mol. The molecule has 0 radical (unpaired) electrons. The lowest BCUT2D eigenvalue weighted by molar-refractivity contribution is 0.611. The summed E-state index contributed by atoms with van der Waals surface area (Å²) in [7, 11) is -3.32. The van der Waals surface area contributed by atoms with Crippen molar-refractivity contribution >= 4 is 31.3 Å². The number of thiazole rings is 1. The fourth-order valence-corrected chi connectivity index (χ4v) is 3.57. The van der Waals surface area contributed by atoms with E-state index in [2.05, 4.69) is 15.4 Å². The van der Waals surface area contributed by atoms with E-state index in [1.165, 1.54) is 11.3 Å². The van der Waals surface area contributed by atoms with Crippen LogP contribution < -0.4 is 10.4 Å². The van der Waals surface area contributed by atoms with Crippen molar-refractivity contribution in [2.75, 3.05) is 17.9 Å². The summed E-state index contributed by atoms with van der Waals surface area (Å²) in [6.07, 6.45) is 1.14. The standard InChI is InChI=1S/C13H14N4O2S2/c1-9-12(17-8-14-13(16-17)21(2,18)19)20-11(15-9)10-6-4-3-5-7-10/h3-7H,8H2,1-2H3,(H,14,16). The first kappa shape index (κ1) is 14.0. The van der Waals surface area contributed by atoms with Crippen LogP contribution in [0.15, 0.2) is 35.3 Å². The van der Waals surface area contributed by atoms with Gasteiger partial charge >= 0.3 is 0 Å². The van der Waals surface area contributed by atoms with Gasteiger partial charge in [-0.25, -0.2) is 18.4 Å². The highest BCUT2D eigenvalue weighted by molar-refractivity contribution is 8.05. The zero-order chi connectivity index (χ0) is 15.0. The monoisotopic (exact) mass is 322 g/mol. The summed E-state index contributed by atoms with van der Waals surface area (Å²) >= 11 is 1.51. The van der Waals surface area contributed by atoms with Gasteiger partial charge in [-0.05, 0) is 6.92 Å². The molecule has 3 rings (SSSR count). The summed E-state index contributed by atoms with van der Waals surface area (Å²) in [6, 6.07) is 9.88. The molecule has 0 amide bonds. The molecule has 0 saturated heterocycles. The van der Waals surface area contributed by atoms with Crippen LogP contribution in [0, 0.1) is 6.92 Å². The van der Waals surface area contributed by atoms with Gasteiger partial charge < -0.3 is 0 Å². The number of sulfone groups is 1. The number of benzene rings is 1. The number of aryl methyl sites for hydroxylation is 1. The normalized spacial score (nSPS) is 15.0. The minimum absolute atomic E-state index is 0.00318. The van der Waals surface area contributed by atoms with E-state index in [9.17, 15) is 8.42 Å². The average Bonchev–Trinajstić information content (AvgIpc) is 3.05. The number of nitrogens with one attached hydrogen (secondary N) is 1. The molecule has 1 N–H and O–H groups in total. The molecule has 110 valence electrons. The van der Waals surface area contributed by atoms with Crippen LogP contribution in [0.2, 0.25) is 0 Å². The van der Waals surface area contributed by atoms with Crippen LogP contribution >= 0.6 is 11.3 Å². The van der Waals surface area contributed by atoms with Gasteiger partial charge in [0.25, 0.3) is 0 Å². The number of nitrogens with zero attached hydrogens (tertiary/aromatic N) is 3. The van der Waals surface area contributed by atoms with Gasteiger partial charge in [0.2, 0.25) is 15.0 Å². The number of hydrogen-bond donors (Lipinski definition) is 1. The summed E-state index contributed by atoms with van der Waals surface area (Å²) in [5, 5.41) is 3.47. The first-order chi connectivity index (χ1) is 9.95. The molecule has 2 aromatic rings. The second-order valence-electron chi connectivity index (χ2n) is 4.69. The van der Waals surface area contributed by atoms with E-state index in [4.69, 9.17) is 0 Å². The number of hydrazine groups is 1. The first-order valence-electron chi connectivity index (χ1n) is 6.27. The van der Waals surface area contributed by atoms with E-state index >= 15 is 0 Å². The number of rotatable bonds is 2. The molecular formula is C13H14N4O2S2. The van der Waals surface area contributed by atoms with Crippen molar-refractivity contribution in [1.82, 2.24) is 10.4 Å². The van der Waals surface area contributed by atoms with Crippen LogP contribution in [0.25, 0.3) is 10.6 Å². The van der Waals surface area contributed by atoms with Crippen LogP contribution in [0.4, 0.5) is 5.00 Å². The molecule has 8 heteroatoms. The Bertz CT molecular complexity index is 797. The number of aromatic nitrogens is 1. The molecule has 0 saturated carbocycles. The lowest BCUT2D eigenvalue weighted by atomic mass is 10.2. The van der Waals surface area contributed by atoms with Crippen LogP contribution in [-0.4, -0.2) is 31.5 Å². The largest absolute Gasteiger partial charge is 0.270 e. The summed E-state index contributed by atoms with van der Waals surface area (Å²) in [5.74, 6) is 0. The minimum Gasteiger partial charge on any atom is -0.270 e. The van der Waals surface area contributed by atoms with Crippen LogP contribution in [0.3, 0.4) is 0 Å². The molecule has 0 fully saturated rings. The van der Waals surface area contributed by atoms with Crippen LogP contribution in [0.1, 0.15) is 5.69 Å². The number of anilines is 1. The Morgan fingerprint density at radius 3 is 2.62 bits per heavy atom.